The molecule has 2 N–H and O–H groups in total. The van der Waals surface area contributed by atoms with Crippen molar-refractivity contribution in [1.82, 2.24) is 10.2 Å². The zero-order valence-corrected chi connectivity index (χ0v) is 8.21. The molecular formula is C9H5N3O2S. The van der Waals surface area contributed by atoms with Crippen molar-refractivity contribution in [1.29, 1.82) is 5.26 Å². The van der Waals surface area contributed by atoms with E-state index in [2.05, 4.69) is 10.2 Å². The highest BCUT2D eigenvalue weighted by Gasteiger charge is 2.15. The first-order chi connectivity index (χ1) is 7.22. The zero-order chi connectivity index (χ0) is 10.8. The molecule has 15 heavy (non-hydrogen) atoms. The Balaban J connectivity index is 2.50. The van der Waals surface area contributed by atoms with Crippen molar-refractivity contribution in [3.8, 4) is 16.6 Å². The number of rotatable bonds is 2. The predicted molar refractivity (Wildman–Crippen MR) is 53.6 cm³/mol. The number of aromatic nitrogens is 2. The van der Waals surface area contributed by atoms with Crippen molar-refractivity contribution < 1.29 is 9.90 Å². The third-order valence-electron chi connectivity index (χ3n) is 1.83. The fourth-order valence-electron chi connectivity index (χ4n) is 1.17. The van der Waals surface area contributed by atoms with Gasteiger partial charge in [-0.1, -0.05) is 0 Å². The molecule has 0 amide bonds. The molecule has 0 aromatic carbocycles. The van der Waals surface area contributed by atoms with E-state index >= 15 is 0 Å². The Morgan fingerprint density at radius 3 is 3.00 bits per heavy atom. The Kier molecular flexibility index (Phi) is 2.23. The molecule has 0 unspecified atom stereocenters. The van der Waals surface area contributed by atoms with Crippen molar-refractivity contribution in [3.05, 3.63) is 28.8 Å². The lowest BCUT2D eigenvalue weighted by atomic mass is 10.2. The maximum Gasteiger partial charge on any atom is 0.339 e. The van der Waals surface area contributed by atoms with Gasteiger partial charge in [0.05, 0.1) is 16.8 Å². The van der Waals surface area contributed by atoms with Crippen LogP contribution in [0.25, 0.3) is 10.6 Å². The van der Waals surface area contributed by atoms with E-state index in [1.807, 2.05) is 6.07 Å². The van der Waals surface area contributed by atoms with Crippen molar-refractivity contribution in [2.75, 3.05) is 0 Å². The maximum absolute atomic E-state index is 10.8. The fourth-order valence-corrected chi connectivity index (χ4v) is 1.98. The zero-order valence-electron chi connectivity index (χ0n) is 7.39. The predicted octanol–water partition coefficient (Wildman–Crippen LogP) is 1.71. The van der Waals surface area contributed by atoms with E-state index in [1.54, 1.807) is 12.1 Å². The molecular weight excluding hydrogens is 214 g/mol. The van der Waals surface area contributed by atoms with Gasteiger partial charge in [0.2, 0.25) is 0 Å². The summed E-state index contributed by atoms with van der Waals surface area (Å²) >= 11 is 1.23. The Morgan fingerprint density at radius 1 is 1.60 bits per heavy atom. The average molecular weight is 219 g/mol. The first-order valence-corrected chi connectivity index (χ1v) is 4.81. The first-order valence-electron chi connectivity index (χ1n) is 3.99. The lowest BCUT2D eigenvalue weighted by Gasteiger charge is -1.93. The molecule has 2 heterocycles. The molecule has 0 saturated heterocycles. The molecule has 0 spiro atoms. The molecule has 6 heteroatoms. The second-order valence-electron chi connectivity index (χ2n) is 2.74. The number of aromatic carboxylic acids is 1. The Morgan fingerprint density at radius 2 is 2.40 bits per heavy atom. The lowest BCUT2D eigenvalue weighted by Crippen LogP contribution is -1.95. The van der Waals surface area contributed by atoms with Crippen molar-refractivity contribution in [2.45, 2.75) is 0 Å². The summed E-state index contributed by atoms with van der Waals surface area (Å²) < 4.78 is 0. The number of hydrogen-bond donors (Lipinski definition) is 2. The number of hydrogen-bond acceptors (Lipinski definition) is 4. The molecule has 0 fully saturated rings. The van der Waals surface area contributed by atoms with E-state index in [-0.39, 0.29) is 5.56 Å². The van der Waals surface area contributed by atoms with Crippen molar-refractivity contribution in [3.63, 3.8) is 0 Å². The summed E-state index contributed by atoms with van der Waals surface area (Å²) in [4.78, 5) is 12.0. The van der Waals surface area contributed by atoms with Gasteiger partial charge in [-0.15, -0.1) is 11.3 Å². The van der Waals surface area contributed by atoms with Crippen molar-refractivity contribution in [2.24, 2.45) is 0 Å². The minimum atomic E-state index is -1.04. The smallest absolute Gasteiger partial charge is 0.339 e. The molecule has 0 bridgehead atoms. The molecule has 2 rings (SSSR count). The van der Waals surface area contributed by atoms with Crippen LogP contribution < -0.4 is 0 Å². The standard InChI is InChI=1S/C9H5N3O2S/c10-3-5-1-2-7(15-5)8-6(9(13)14)4-11-12-8/h1-2,4H,(H,11,12)(H,13,14). The van der Waals surface area contributed by atoms with Gasteiger partial charge in [0.15, 0.2) is 0 Å². The number of aromatic amines is 1. The Bertz CT molecular complexity index is 550. The van der Waals surface area contributed by atoms with Crippen LogP contribution in [0, 0.1) is 11.3 Å². The number of nitriles is 1. The number of H-pyrrole nitrogens is 1. The maximum atomic E-state index is 10.8. The quantitative estimate of drug-likeness (QED) is 0.804. The van der Waals surface area contributed by atoms with Crippen LogP contribution in [0.15, 0.2) is 18.3 Å². The molecule has 2 aromatic heterocycles. The molecule has 0 aliphatic heterocycles. The minimum Gasteiger partial charge on any atom is -0.478 e. The van der Waals surface area contributed by atoms with E-state index in [0.29, 0.717) is 15.4 Å². The highest BCUT2D eigenvalue weighted by molar-refractivity contribution is 7.16. The molecule has 0 aliphatic carbocycles. The number of nitrogens with zero attached hydrogens (tertiary/aromatic N) is 2. The summed E-state index contributed by atoms with van der Waals surface area (Å²) in [5.41, 5.74) is 0.551. The Hall–Kier alpha value is -2.13. The monoisotopic (exact) mass is 219 g/mol. The van der Waals surface area contributed by atoms with Crippen LogP contribution in [0.2, 0.25) is 0 Å². The summed E-state index contributed by atoms with van der Waals surface area (Å²) in [6.45, 7) is 0. The summed E-state index contributed by atoms with van der Waals surface area (Å²) in [5.74, 6) is -1.04. The molecule has 0 aliphatic rings. The van der Waals surface area contributed by atoms with E-state index < -0.39 is 5.97 Å². The molecule has 74 valence electrons. The number of carboxylic acids is 1. The van der Waals surface area contributed by atoms with Crippen LogP contribution in [0.1, 0.15) is 15.2 Å². The largest absolute Gasteiger partial charge is 0.478 e. The van der Waals surface area contributed by atoms with Gasteiger partial charge in [0.1, 0.15) is 16.5 Å². The average Bonchev–Trinajstić information content (AvgIpc) is 2.85. The number of nitrogens with one attached hydrogen (secondary N) is 1. The molecule has 0 saturated carbocycles. The molecule has 0 radical (unpaired) electrons. The van der Waals surface area contributed by atoms with Crippen molar-refractivity contribution >= 4 is 17.3 Å². The number of carboxylic acid groups (broad SMARTS) is 1. The summed E-state index contributed by atoms with van der Waals surface area (Å²) in [6.07, 6.45) is 1.25. The SMILES string of the molecule is N#Cc1ccc(-c2[nH]ncc2C(=O)O)s1. The van der Waals surface area contributed by atoms with Gasteiger partial charge in [-0.25, -0.2) is 4.79 Å². The van der Waals surface area contributed by atoms with Gasteiger partial charge in [-0.3, -0.25) is 5.10 Å². The van der Waals surface area contributed by atoms with Gasteiger partial charge >= 0.3 is 5.97 Å². The van der Waals surface area contributed by atoms with Gasteiger partial charge < -0.3 is 5.11 Å². The highest BCUT2D eigenvalue weighted by Crippen LogP contribution is 2.28. The Labute approximate surface area is 88.6 Å². The van der Waals surface area contributed by atoms with Crippen LogP contribution in [-0.2, 0) is 0 Å². The number of thiophene rings is 1. The third kappa shape index (κ3) is 1.60. The van der Waals surface area contributed by atoms with Crippen LogP contribution in [0.4, 0.5) is 0 Å². The lowest BCUT2D eigenvalue weighted by molar-refractivity contribution is 0.0698. The first kappa shape index (κ1) is 9.43. The molecule has 2 aromatic rings. The van der Waals surface area contributed by atoms with Crippen LogP contribution in [-0.4, -0.2) is 21.3 Å². The fraction of sp³-hybridized carbons (Fsp3) is 0. The van der Waals surface area contributed by atoms with Crippen LogP contribution in [0.5, 0.6) is 0 Å². The van der Waals surface area contributed by atoms with Crippen LogP contribution >= 0.6 is 11.3 Å². The van der Waals surface area contributed by atoms with E-state index in [1.165, 1.54) is 17.5 Å². The second kappa shape index (κ2) is 3.55. The van der Waals surface area contributed by atoms with Gasteiger partial charge in [0.25, 0.3) is 0 Å². The summed E-state index contributed by atoms with van der Waals surface area (Å²) in [6, 6.07) is 5.34. The summed E-state index contributed by atoms with van der Waals surface area (Å²) in [7, 11) is 0. The minimum absolute atomic E-state index is 0.112. The summed E-state index contributed by atoms with van der Waals surface area (Å²) in [5, 5.41) is 23.8. The second-order valence-corrected chi connectivity index (χ2v) is 3.82. The number of carbonyl (C=O) groups is 1. The normalized spacial score (nSPS) is 9.80. The van der Waals surface area contributed by atoms with E-state index in [9.17, 15) is 4.79 Å². The third-order valence-corrected chi connectivity index (χ3v) is 2.84. The highest BCUT2D eigenvalue weighted by atomic mass is 32.1. The van der Waals surface area contributed by atoms with Gasteiger partial charge in [-0.05, 0) is 12.1 Å². The molecule has 0 atom stereocenters. The topological polar surface area (TPSA) is 89.8 Å². The van der Waals surface area contributed by atoms with E-state index in [4.69, 9.17) is 10.4 Å². The van der Waals surface area contributed by atoms with Gasteiger partial charge in [-0.2, -0.15) is 10.4 Å². The molecule has 5 nitrogen and oxygen atoms in total. The van der Waals surface area contributed by atoms with Gasteiger partial charge in [0, 0.05) is 0 Å². The van der Waals surface area contributed by atoms with E-state index in [0.717, 1.165) is 0 Å². The van der Waals surface area contributed by atoms with Crippen LogP contribution in [0.3, 0.4) is 0 Å².